The Bertz CT molecular complexity index is 420. The monoisotopic (exact) mass is 189 g/mol. The quantitative estimate of drug-likeness (QED) is 0.343. The van der Waals surface area contributed by atoms with Gasteiger partial charge in [-0.25, -0.2) is 4.79 Å². The molecule has 0 radical (unpaired) electrons. The highest BCUT2D eigenvalue weighted by atomic mass is 16.4. The molecule has 0 aliphatic heterocycles. The molecule has 0 amide bonds. The van der Waals surface area contributed by atoms with Crippen LogP contribution < -0.4 is 0 Å². The number of carboxylic acid groups (broad SMARTS) is 1. The predicted molar refractivity (Wildman–Crippen MR) is 51.9 cm³/mol. The fourth-order valence-electron chi connectivity index (χ4n) is 0.929. The first-order valence-corrected chi connectivity index (χ1v) is 3.79. The number of azide groups is 1. The standard InChI is InChI=1S/C9H7N3O2/c10-12-11-8-4-2-1-3-7(8)5-6-9(13)14/h1-6H,(H,13,14)/b6-5+. The lowest BCUT2D eigenvalue weighted by molar-refractivity contribution is -0.131. The average molecular weight is 189 g/mol. The van der Waals surface area contributed by atoms with Gasteiger partial charge in [0.1, 0.15) is 0 Å². The molecule has 0 saturated heterocycles. The fourth-order valence-corrected chi connectivity index (χ4v) is 0.929. The highest BCUT2D eigenvalue weighted by molar-refractivity contribution is 5.86. The smallest absolute Gasteiger partial charge is 0.328 e. The summed E-state index contributed by atoms with van der Waals surface area (Å²) in [5.41, 5.74) is 9.23. The van der Waals surface area contributed by atoms with Crippen molar-refractivity contribution in [3.8, 4) is 0 Å². The van der Waals surface area contributed by atoms with Crippen molar-refractivity contribution in [2.45, 2.75) is 0 Å². The summed E-state index contributed by atoms with van der Waals surface area (Å²) in [5, 5.41) is 11.8. The van der Waals surface area contributed by atoms with Crippen LogP contribution in [0.2, 0.25) is 0 Å². The molecule has 0 spiro atoms. The summed E-state index contributed by atoms with van der Waals surface area (Å²) >= 11 is 0. The summed E-state index contributed by atoms with van der Waals surface area (Å²) in [6.07, 6.45) is 2.37. The molecule has 0 aromatic heterocycles. The van der Waals surface area contributed by atoms with Crippen LogP contribution in [0.25, 0.3) is 16.5 Å². The molecule has 0 fully saturated rings. The summed E-state index contributed by atoms with van der Waals surface area (Å²) < 4.78 is 0. The van der Waals surface area contributed by atoms with Gasteiger partial charge in [0.05, 0.1) is 0 Å². The van der Waals surface area contributed by atoms with Gasteiger partial charge in [-0.3, -0.25) is 0 Å². The largest absolute Gasteiger partial charge is 0.478 e. The maximum atomic E-state index is 10.3. The van der Waals surface area contributed by atoms with Gasteiger partial charge in [-0.15, -0.1) is 0 Å². The number of hydrogen-bond donors (Lipinski definition) is 1. The van der Waals surface area contributed by atoms with Gasteiger partial charge in [0.15, 0.2) is 0 Å². The Balaban J connectivity index is 3.07. The molecule has 1 aromatic carbocycles. The van der Waals surface area contributed by atoms with Crippen molar-refractivity contribution < 1.29 is 9.90 Å². The van der Waals surface area contributed by atoms with Crippen LogP contribution in [0.1, 0.15) is 5.56 Å². The molecule has 0 heterocycles. The van der Waals surface area contributed by atoms with Gasteiger partial charge >= 0.3 is 5.97 Å². The number of hydrogen-bond acceptors (Lipinski definition) is 2. The maximum absolute atomic E-state index is 10.3. The van der Waals surface area contributed by atoms with Gasteiger partial charge in [0.25, 0.3) is 0 Å². The van der Waals surface area contributed by atoms with Gasteiger partial charge in [-0.05, 0) is 17.2 Å². The normalized spacial score (nSPS) is 9.71. The minimum atomic E-state index is -1.04. The van der Waals surface area contributed by atoms with Gasteiger partial charge in [-0.2, -0.15) is 0 Å². The van der Waals surface area contributed by atoms with E-state index in [1.165, 1.54) is 6.08 Å². The summed E-state index contributed by atoms with van der Waals surface area (Å²) in [5.74, 6) is -1.04. The Hall–Kier alpha value is -2.26. The Kier molecular flexibility index (Phi) is 3.29. The molecule has 1 aromatic rings. The Labute approximate surface area is 79.9 Å². The van der Waals surface area contributed by atoms with E-state index in [-0.39, 0.29) is 0 Å². The van der Waals surface area contributed by atoms with Crippen molar-refractivity contribution in [3.05, 3.63) is 46.3 Å². The topological polar surface area (TPSA) is 86.1 Å². The lowest BCUT2D eigenvalue weighted by atomic mass is 10.2. The third-order valence-electron chi connectivity index (χ3n) is 1.49. The number of rotatable bonds is 3. The lowest BCUT2D eigenvalue weighted by Crippen LogP contribution is -1.85. The van der Waals surface area contributed by atoms with Crippen LogP contribution in [0.15, 0.2) is 35.5 Å². The highest BCUT2D eigenvalue weighted by Gasteiger charge is 1.95. The maximum Gasteiger partial charge on any atom is 0.328 e. The average Bonchev–Trinajstić information content (AvgIpc) is 2.17. The molecule has 0 bridgehead atoms. The second-order valence-electron chi connectivity index (χ2n) is 2.42. The minimum Gasteiger partial charge on any atom is -0.478 e. The van der Waals surface area contributed by atoms with E-state index in [1.807, 2.05) is 0 Å². The zero-order valence-electron chi connectivity index (χ0n) is 7.16. The molecule has 0 aliphatic rings. The molecule has 0 atom stereocenters. The second-order valence-corrected chi connectivity index (χ2v) is 2.42. The summed E-state index contributed by atoms with van der Waals surface area (Å²) in [6.45, 7) is 0. The summed E-state index contributed by atoms with van der Waals surface area (Å²) in [6, 6.07) is 6.73. The van der Waals surface area contributed by atoms with Crippen molar-refractivity contribution in [2.75, 3.05) is 0 Å². The Morgan fingerprint density at radius 1 is 1.50 bits per heavy atom. The first kappa shape index (κ1) is 9.83. The fraction of sp³-hybridized carbons (Fsp3) is 0. The SMILES string of the molecule is [N-]=[N+]=Nc1ccccc1/C=C/C(=O)O. The molecule has 5 nitrogen and oxygen atoms in total. The lowest BCUT2D eigenvalue weighted by Gasteiger charge is -1.96. The zero-order valence-corrected chi connectivity index (χ0v) is 7.16. The van der Waals surface area contributed by atoms with E-state index in [1.54, 1.807) is 24.3 Å². The molecule has 1 N–H and O–H groups in total. The number of nitrogens with zero attached hydrogens (tertiary/aromatic N) is 3. The molecule has 14 heavy (non-hydrogen) atoms. The van der Waals surface area contributed by atoms with Crippen LogP contribution in [0, 0.1) is 0 Å². The van der Waals surface area contributed by atoms with Crippen LogP contribution >= 0.6 is 0 Å². The molecule has 0 unspecified atom stereocenters. The second kappa shape index (κ2) is 4.69. The number of carbonyl (C=O) groups is 1. The van der Waals surface area contributed by atoms with Crippen LogP contribution in [0.5, 0.6) is 0 Å². The van der Waals surface area contributed by atoms with Crippen LogP contribution in [0.4, 0.5) is 5.69 Å². The third kappa shape index (κ3) is 2.66. The predicted octanol–water partition coefficient (Wildman–Crippen LogP) is 2.73. The first-order valence-electron chi connectivity index (χ1n) is 3.79. The van der Waals surface area contributed by atoms with Crippen molar-refractivity contribution in [1.82, 2.24) is 0 Å². The van der Waals surface area contributed by atoms with Gasteiger partial charge in [0.2, 0.25) is 0 Å². The van der Waals surface area contributed by atoms with E-state index in [9.17, 15) is 4.79 Å². The third-order valence-corrected chi connectivity index (χ3v) is 1.49. The van der Waals surface area contributed by atoms with E-state index in [0.717, 1.165) is 6.08 Å². The van der Waals surface area contributed by atoms with E-state index in [4.69, 9.17) is 10.6 Å². The van der Waals surface area contributed by atoms with E-state index < -0.39 is 5.97 Å². The zero-order chi connectivity index (χ0) is 10.4. The van der Waals surface area contributed by atoms with Crippen molar-refractivity contribution in [3.63, 3.8) is 0 Å². The van der Waals surface area contributed by atoms with Crippen molar-refractivity contribution >= 4 is 17.7 Å². The summed E-state index contributed by atoms with van der Waals surface area (Å²) in [4.78, 5) is 12.9. The Morgan fingerprint density at radius 3 is 2.86 bits per heavy atom. The number of carboxylic acids is 1. The molecule has 1 rings (SSSR count). The molecule has 0 saturated carbocycles. The highest BCUT2D eigenvalue weighted by Crippen LogP contribution is 2.19. The van der Waals surface area contributed by atoms with Crippen LogP contribution in [-0.2, 0) is 4.79 Å². The molecule has 70 valence electrons. The first-order chi connectivity index (χ1) is 6.74. The number of aliphatic carboxylic acids is 1. The Morgan fingerprint density at radius 2 is 2.21 bits per heavy atom. The van der Waals surface area contributed by atoms with Gasteiger partial charge < -0.3 is 5.11 Å². The molecular formula is C9H7N3O2. The van der Waals surface area contributed by atoms with Crippen LogP contribution in [-0.4, -0.2) is 11.1 Å². The van der Waals surface area contributed by atoms with E-state index in [0.29, 0.717) is 11.3 Å². The van der Waals surface area contributed by atoms with Gasteiger partial charge in [0, 0.05) is 16.7 Å². The molecule has 0 aliphatic carbocycles. The van der Waals surface area contributed by atoms with Crippen LogP contribution in [0.3, 0.4) is 0 Å². The van der Waals surface area contributed by atoms with Gasteiger partial charge in [-0.1, -0.05) is 29.4 Å². The van der Waals surface area contributed by atoms with E-state index in [2.05, 4.69) is 10.0 Å². The minimum absolute atomic E-state index is 0.410. The van der Waals surface area contributed by atoms with Crippen molar-refractivity contribution in [2.24, 2.45) is 5.11 Å². The van der Waals surface area contributed by atoms with Crippen molar-refractivity contribution in [1.29, 1.82) is 0 Å². The number of benzene rings is 1. The van der Waals surface area contributed by atoms with E-state index >= 15 is 0 Å². The molecule has 5 heteroatoms. The molecular weight excluding hydrogens is 182 g/mol. The summed E-state index contributed by atoms with van der Waals surface area (Å²) in [7, 11) is 0.